The summed E-state index contributed by atoms with van der Waals surface area (Å²) in [4.78, 5) is 11.7. The molecule has 7 heteroatoms. The van der Waals surface area contributed by atoms with Gasteiger partial charge in [-0.2, -0.15) is 0 Å². The topological polar surface area (TPSA) is 94.0 Å². The molecule has 1 unspecified atom stereocenters. The number of hydrogen-bond acceptors (Lipinski definition) is 6. The minimum absolute atomic E-state index is 0.232. The Hall–Kier alpha value is -1.99. The lowest BCUT2D eigenvalue weighted by Crippen LogP contribution is -2.35. The molecule has 1 amide bonds. The summed E-state index contributed by atoms with van der Waals surface area (Å²) in [6, 6.07) is 3.14. The van der Waals surface area contributed by atoms with Crippen LogP contribution in [0.4, 0.5) is 5.13 Å². The minimum Gasteiger partial charge on any atom is -0.465 e. The van der Waals surface area contributed by atoms with Crippen LogP contribution in [0.5, 0.6) is 0 Å². The number of anilines is 1. The van der Waals surface area contributed by atoms with Crippen molar-refractivity contribution in [3.63, 3.8) is 0 Å². The second kappa shape index (κ2) is 6.97. The molecule has 1 atom stereocenters. The zero-order chi connectivity index (χ0) is 14.4. The van der Waals surface area contributed by atoms with Crippen LogP contribution in [0.2, 0.25) is 0 Å². The molecule has 0 aliphatic carbocycles. The van der Waals surface area contributed by atoms with Crippen molar-refractivity contribution in [2.45, 2.75) is 25.8 Å². The molecule has 0 aliphatic rings. The highest BCUT2D eigenvalue weighted by Gasteiger charge is 2.14. The van der Waals surface area contributed by atoms with Gasteiger partial charge in [0.1, 0.15) is 10.8 Å². The number of nitrogens with one attached hydrogen (secondary N) is 1. The zero-order valence-corrected chi connectivity index (χ0v) is 11.9. The van der Waals surface area contributed by atoms with Crippen LogP contribution in [0.15, 0.2) is 22.8 Å². The molecule has 2 rings (SSSR count). The fourth-order valence-electron chi connectivity index (χ4n) is 1.53. The smallest absolute Gasteiger partial charge is 0.243 e. The molecule has 0 saturated carbocycles. The number of hydrogen-bond donors (Lipinski definition) is 2. The number of furan rings is 1. The second-order valence-corrected chi connectivity index (χ2v) is 5.19. The third-order valence-electron chi connectivity index (χ3n) is 2.54. The summed E-state index contributed by atoms with van der Waals surface area (Å²) in [5.41, 5.74) is 5.72. The van der Waals surface area contributed by atoms with Crippen molar-refractivity contribution in [1.82, 2.24) is 10.2 Å². The van der Waals surface area contributed by atoms with Crippen molar-refractivity contribution in [3.05, 3.63) is 29.2 Å². The third-order valence-corrected chi connectivity index (χ3v) is 3.34. The molecule has 0 aromatic carbocycles. The van der Waals surface area contributed by atoms with Crippen LogP contribution < -0.4 is 11.1 Å². The fourth-order valence-corrected chi connectivity index (χ4v) is 2.18. The summed E-state index contributed by atoms with van der Waals surface area (Å²) < 4.78 is 5.17. The van der Waals surface area contributed by atoms with Gasteiger partial charge in [-0.15, -0.1) is 10.2 Å². The molecule has 20 heavy (non-hydrogen) atoms. The van der Waals surface area contributed by atoms with Gasteiger partial charge in [0.15, 0.2) is 0 Å². The Morgan fingerprint density at radius 3 is 3.10 bits per heavy atom. The Morgan fingerprint density at radius 2 is 2.40 bits per heavy atom. The van der Waals surface area contributed by atoms with Crippen molar-refractivity contribution in [2.24, 2.45) is 5.73 Å². The van der Waals surface area contributed by atoms with E-state index in [1.165, 1.54) is 11.3 Å². The summed E-state index contributed by atoms with van der Waals surface area (Å²) in [6.07, 6.45) is 6.67. The lowest BCUT2D eigenvalue weighted by Gasteiger charge is -2.08. The van der Waals surface area contributed by atoms with Crippen LogP contribution >= 0.6 is 11.3 Å². The largest absolute Gasteiger partial charge is 0.465 e. The van der Waals surface area contributed by atoms with Gasteiger partial charge in [-0.3, -0.25) is 10.1 Å². The van der Waals surface area contributed by atoms with Crippen LogP contribution in [-0.2, 0) is 4.79 Å². The van der Waals surface area contributed by atoms with Gasteiger partial charge in [-0.1, -0.05) is 24.7 Å². The predicted molar refractivity (Wildman–Crippen MR) is 79.1 cm³/mol. The van der Waals surface area contributed by atoms with E-state index in [-0.39, 0.29) is 5.91 Å². The van der Waals surface area contributed by atoms with Gasteiger partial charge < -0.3 is 10.2 Å². The normalized spacial score (nSPS) is 12.7. The van der Waals surface area contributed by atoms with E-state index in [2.05, 4.69) is 15.5 Å². The number of carbonyl (C=O) groups excluding carboxylic acids is 1. The maximum absolute atomic E-state index is 11.7. The van der Waals surface area contributed by atoms with Gasteiger partial charge >= 0.3 is 0 Å². The Kier molecular flexibility index (Phi) is 5.03. The molecule has 0 radical (unpaired) electrons. The molecule has 0 bridgehead atoms. The van der Waals surface area contributed by atoms with Gasteiger partial charge in [0.05, 0.1) is 12.3 Å². The summed E-state index contributed by atoms with van der Waals surface area (Å²) in [5.74, 6) is 0.500. The van der Waals surface area contributed by atoms with Gasteiger partial charge in [-0.25, -0.2) is 0 Å². The zero-order valence-electron chi connectivity index (χ0n) is 11.1. The van der Waals surface area contributed by atoms with Crippen LogP contribution in [0.1, 0.15) is 30.5 Å². The average Bonchev–Trinajstić information content (AvgIpc) is 3.07. The van der Waals surface area contributed by atoms with Crippen LogP contribution in [-0.4, -0.2) is 22.1 Å². The number of nitrogens with zero attached hydrogens (tertiary/aromatic N) is 2. The summed E-state index contributed by atoms with van der Waals surface area (Å²) in [6.45, 7) is 1.98. The quantitative estimate of drug-likeness (QED) is 0.852. The number of rotatable bonds is 6. The van der Waals surface area contributed by atoms with E-state index in [0.717, 1.165) is 12.2 Å². The standard InChI is InChI=1S/C13H16N4O2S/c1-2-4-10(14)12(18)15-13-17-16-11(20-13)7-6-9-5-3-8-19-9/h3,5-8,10H,2,4,14H2,1H3,(H,15,17,18)/b7-6+. The first-order chi connectivity index (χ1) is 9.69. The fraction of sp³-hybridized carbons (Fsp3) is 0.308. The van der Waals surface area contributed by atoms with Crippen molar-refractivity contribution >= 4 is 34.5 Å². The molecule has 0 aliphatic heterocycles. The molecule has 3 N–H and O–H groups in total. The molecule has 0 fully saturated rings. The Morgan fingerprint density at radius 1 is 1.55 bits per heavy atom. The maximum Gasteiger partial charge on any atom is 0.243 e. The Labute approximate surface area is 120 Å². The third kappa shape index (κ3) is 4.01. The first-order valence-electron chi connectivity index (χ1n) is 6.30. The van der Waals surface area contributed by atoms with Crippen molar-refractivity contribution in [1.29, 1.82) is 0 Å². The second-order valence-electron chi connectivity index (χ2n) is 4.18. The first-order valence-corrected chi connectivity index (χ1v) is 7.12. The highest BCUT2D eigenvalue weighted by molar-refractivity contribution is 7.16. The lowest BCUT2D eigenvalue weighted by atomic mass is 10.2. The highest BCUT2D eigenvalue weighted by Crippen LogP contribution is 2.18. The first kappa shape index (κ1) is 14.4. The molecule has 2 aromatic rings. The maximum atomic E-state index is 11.7. The van der Waals surface area contributed by atoms with E-state index in [1.54, 1.807) is 24.5 Å². The van der Waals surface area contributed by atoms with Gasteiger partial charge in [0.2, 0.25) is 11.0 Å². The van der Waals surface area contributed by atoms with E-state index in [4.69, 9.17) is 10.2 Å². The molecule has 2 aromatic heterocycles. The van der Waals surface area contributed by atoms with E-state index >= 15 is 0 Å². The van der Waals surface area contributed by atoms with E-state index < -0.39 is 6.04 Å². The number of amides is 1. The number of nitrogens with two attached hydrogens (primary N) is 1. The van der Waals surface area contributed by atoms with Crippen molar-refractivity contribution < 1.29 is 9.21 Å². The van der Waals surface area contributed by atoms with Crippen LogP contribution in [0.25, 0.3) is 12.2 Å². The predicted octanol–water partition coefficient (Wildman–Crippen LogP) is 2.37. The molecule has 0 saturated heterocycles. The average molecular weight is 292 g/mol. The summed E-state index contributed by atoms with van der Waals surface area (Å²) >= 11 is 1.28. The molecule has 106 valence electrons. The molecule has 2 heterocycles. The van der Waals surface area contributed by atoms with Gasteiger partial charge in [-0.05, 0) is 30.7 Å². The van der Waals surface area contributed by atoms with Crippen LogP contribution in [0, 0.1) is 0 Å². The minimum atomic E-state index is -0.508. The van der Waals surface area contributed by atoms with Gasteiger partial charge in [0.25, 0.3) is 0 Å². The Balaban J connectivity index is 1.94. The SMILES string of the molecule is CCCC(N)C(=O)Nc1nnc(/C=C/c2ccco2)s1. The molecular formula is C13H16N4O2S. The lowest BCUT2D eigenvalue weighted by molar-refractivity contribution is -0.117. The molecule has 0 spiro atoms. The van der Waals surface area contributed by atoms with Crippen molar-refractivity contribution in [2.75, 3.05) is 5.32 Å². The number of aromatic nitrogens is 2. The van der Waals surface area contributed by atoms with E-state index in [1.807, 2.05) is 13.0 Å². The van der Waals surface area contributed by atoms with Gasteiger partial charge in [0, 0.05) is 0 Å². The molecular weight excluding hydrogens is 276 g/mol. The summed E-state index contributed by atoms with van der Waals surface area (Å²) in [5, 5.41) is 11.6. The summed E-state index contributed by atoms with van der Waals surface area (Å²) in [7, 11) is 0. The highest BCUT2D eigenvalue weighted by atomic mass is 32.1. The number of carbonyl (C=O) groups is 1. The Bertz CT molecular complexity index is 577. The van der Waals surface area contributed by atoms with Crippen molar-refractivity contribution in [3.8, 4) is 0 Å². The van der Waals surface area contributed by atoms with Crippen LogP contribution in [0.3, 0.4) is 0 Å². The monoisotopic (exact) mass is 292 g/mol. The van der Waals surface area contributed by atoms with E-state index in [9.17, 15) is 4.79 Å². The van der Waals surface area contributed by atoms with E-state index in [0.29, 0.717) is 16.6 Å². The molecule has 6 nitrogen and oxygen atoms in total.